The van der Waals surface area contributed by atoms with Crippen LogP contribution in [0.4, 0.5) is 0 Å². The van der Waals surface area contributed by atoms with Crippen molar-refractivity contribution in [2.24, 2.45) is 0 Å². The van der Waals surface area contributed by atoms with Crippen molar-refractivity contribution in [1.29, 1.82) is 0 Å². The second kappa shape index (κ2) is 8.02. The van der Waals surface area contributed by atoms with E-state index in [4.69, 9.17) is 5.10 Å². The number of aromatic amines is 1. The summed E-state index contributed by atoms with van der Waals surface area (Å²) in [6, 6.07) is 27.5. The predicted octanol–water partition coefficient (Wildman–Crippen LogP) is 4.54. The van der Waals surface area contributed by atoms with Crippen molar-refractivity contribution in [1.82, 2.24) is 20.1 Å². The lowest BCUT2D eigenvalue weighted by Crippen LogP contribution is -2.30. The van der Waals surface area contributed by atoms with Gasteiger partial charge in [-0.1, -0.05) is 66.7 Å². The molecule has 0 unspecified atom stereocenters. The normalized spacial score (nSPS) is 14.1. The summed E-state index contributed by atoms with van der Waals surface area (Å²) in [5, 5.41) is 8.16. The maximum Gasteiger partial charge on any atom is 0.0788 e. The Morgan fingerprint density at radius 3 is 2.21 bits per heavy atom. The van der Waals surface area contributed by atoms with Crippen LogP contribution in [-0.2, 0) is 19.5 Å². The number of fused-ring (bicyclic) bond motifs is 1. The number of nitrogens with one attached hydrogen (secondary N) is 1. The molecule has 0 spiro atoms. The van der Waals surface area contributed by atoms with Crippen molar-refractivity contribution in [2.45, 2.75) is 25.4 Å². The molecule has 144 valence electrons. The average Bonchev–Trinajstić information content (AvgIpc) is 3.19. The minimum absolute atomic E-state index is 0.132. The molecule has 0 atom stereocenters. The van der Waals surface area contributed by atoms with Gasteiger partial charge in [0.2, 0.25) is 0 Å². The molecule has 2 aromatic carbocycles. The van der Waals surface area contributed by atoms with Crippen LogP contribution < -0.4 is 0 Å². The first-order valence-corrected chi connectivity index (χ1v) is 10.2. The van der Waals surface area contributed by atoms with Gasteiger partial charge in [-0.05, 0) is 23.3 Å². The Balaban J connectivity index is 1.50. The Kier molecular flexibility index (Phi) is 4.93. The zero-order chi connectivity index (χ0) is 19.5. The number of aromatic nitrogens is 3. The number of benzene rings is 2. The molecule has 1 aliphatic rings. The Hall–Kier alpha value is -3.24. The lowest BCUT2D eigenvalue weighted by atomic mass is 9.85. The van der Waals surface area contributed by atoms with Gasteiger partial charge in [0.1, 0.15) is 0 Å². The highest BCUT2D eigenvalue weighted by Gasteiger charge is 2.28. The van der Waals surface area contributed by atoms with E-state index in [9.17, 15) is 0 Å². The van der Waals surface area contributed by atoms with Crippen molar-refractivity contribution in [3.05, 3.63) is 119 Å². The van der Waals surface area contributed by atoms with Gasteiger partial charge < -0.3 is 0 Å². The maximum absolute atomic E-state index is 4.83. The molecule has 29 heavy (non-hydrogen) atoms. The highest BCUT2D eigenvalue weighted by Crippen LogP contribution is 2.35. The summed E-state index contributed by atoms with van der Waals surface area (Å²) < 4.78 is 0. The standard InChI is InChI=1S/C25H24N4/c1-3-9-19(10-4-1)24(20-11-5-2-6-12-20)25-22-18-29(16-14-23(22)27-28-25)17-21-13-7-8-15-26-21/h1-13,15,24H,14,16-18H2,(H,27,28). The molecule has 0 amide bonds. The van der Waals surface area contributed by atoms with E-state index in [2.05, 4.69) is 87.8 Å². The first kappa shape index (κ1) is 17.8. The first-order valence-electron chi connectivity index (χ1n) is 10.2. The van der Waals surface area contributed by atoms with E-state index in [0.29, 0.717) is 0 Å². The Labute approximate surface area is 171 Å². The molecule has 0 saturated heterocycles. The number of hydrogen-bond acceptors (Lipinski definition) is 3. The minimum Gasteiger partial charge on any atom is -0.293 e. The Bertz CT molecular complexity index is 1020. The Morgan fingerprint density at radius 1 is 0.862 bits per heavy atom. The number of H-pyrrole nitrogens is 1. The Morgan fingerprint density at radius 2 is 1.55 bits per heavy atom. The monoisotopic (exact) mass is 380 g/mol. The second-order valence-corrected chi connectivity index (χ2v) is 7.60. The van der Waals surface area contributed by atoms with Crippen LogP contribution in [-0.4, -0.2) is 26.6 Å². The van der Waals surface area contributed by atoms with Crippen LogP contribution >= 0.6 is 0 Å². The lowest BCUT2D eigenvalue weighted by molar-refractivity contribution is 0.241. The fourth-order valence-electron chi connectivity index (χ4n) is 4.27. The van der Waals surface area contributed by atoms with Crippen LogP contribution in [0.2, 0.25) is 0 Å². The van der Waals surface area contributed by atoms with Crippen molar-refractivity contribution >= 4 is 0 Å². The zero-order valence-electron chi connectivity index (χ0n) is 16.3. The molecule has 4 heteroatoms. The van der Waals surface area contributed by atoms with Crippen molar-refractivity contribution in [3.63, 3.8) is 0 Å². The molecular weight excluding hydrogens is 356 g/mol. The minimum atomic E-state index is 0.132. The summed E-state index contributed by atoms with van der Waals surface area (Å²) in [6.07, 6.45) is 2.86. The van der Waals surface area contributed by atoms with Gasteiger partial charge in [0, 0.05) is 43.5 Å². The fourth-order valence-corrected chi connectivity index (χ4v) is 4.27. The summed E-state index contributed by atoms with van der Waals surface area (Å²) in [5.74, 6) is 0.132. The van der Waals surface area contributed by atoms with Crippen LogP contribution in [0.3, 0.4) is 0 Å². The third-order valence-corrected chi connectivity index (χ3v) is 5.70. The SMILES string of the molecule is c1ccc(C(c2ccccc2)c2n[nH]c3c2CN(Cc2ccccn2)CC3)cc1. The van der Waals surface area contributed by atoms with E-state index in [0.717, 1.165) is 37.4 Å². The molecule has 3 heterocycles. The third-order valence-electron chi connectivity index (χ3n) is 5.70. The molecule has 0 bridgehead atoms. The topological polar surface area (TPSA) is 44.8 Å². The van der Waals surface area contributed by atoms with Gasteiger partial charge in [0.25, 0.3) is 0 Å². The number of rotatable bonds is 5. The van der Waals surface area contributed by atoms with E-state index in [1.165, 1.54) is 22.4 Å². The third kappa shape index (κ3) is 3.71. The second-order valence-electron chi connectivity index (χ2n) is 7.60. The van der Waals surface area contributed by atoms with E-state index >= 15 is 0 Å². The summed E-state index contributed by atoms with van der Waals surface area (Å²) in [7, 11) is 0. The van der Waals surface area contributed by atoms with Crippen molar-refractivity contribution in [2.75, 3.05) is 6.54 Å². The summed E-state index contributed by atoms with van der Waals surface area (Å²) in [6.45, 7) is 2.78. The molecule has 1 N–H and O–H groups in total. The highest BCUT2D eigenvalue weighted by molar-refractivity contribution is 5.45. The van der Waals surface area contributed by atoms with Gasteiger partial charge in [-0.25, -0.2) is 0 Å². The smallest absolute Gasteiger partial charge is 0.0788 e. The molecule has 2 aromatic heterocycles. The first-order chi connectivity index (χ1) is 14.4. The van der Waals surface area contributed by atoms with E-state index in [1.807, 2.05) is 12.3 Å². The lowest BCUT2D eigenvalue weighted by Gasteiger charge is -2.28. The summed E-state index contributed by atoms with van der Waals surface area (Å²) >= 11 is 0. The van der Waals surface area contributed by atoms with E-state index in [1.54, 1.807) is 0 Å². The maximum atomic E-state index is 4.83. The molecule has 0 radical (unpaired) electrons. The number of nitrogens with zero attached hydrogens (tertiary/aromatic N) is 3. The highest BCUT2D eigenvalue weighted by atomic mass is 15.2. The van der Waals surface area contributed by atoms with Gasteiger partial charge in [-0.15, -0.1) is 0 Å². The molecule has 1 aliphatic heterocycles. The number of hydrogen-bond donors (Lipinski definition) is 1. The van der Waals surface area contributed by atoms with Gasteiger partial charge in [0.15, 0.2) is 0 Å². The molecule has 4 aromatic rings. The van der Waals surface area contributed by atoms with Crippen LogP contribution in [0.1, 0.15) is 39.7 Å². The molecule has 0 fully saturated rings. The summed E-state index contributed by atoms with van der Waals surface area (Å²) in [5.41, 5.74) is 7.41. The van der Waals surface area contributed by atoms with Gasteiger partial charge in [-0.2, -0.15) is 5.10 Å². The molecule has 4 nitrogen and oxygen atoms in total. The predicted molar refractivity (Wildman–Crippen MR) is 114 cm³/mol. The molecule has 5 rings (SSSR count). The van der Waals surface area contributed by atoms with E-state index in [-0.39, 0.29) is 5.92 Å². The van der Waals surface area contributed by atoms with Crippen LogP contribution in [0, 0.1) is 0 Å². The van der Waals surface area contributed by atoms with Crippen LogP contribution in [0.5, 0.6) is 0 Å². The average molecular weight is 380 g/mol. The fraction of sp³-hybridized carbons (Fsp3) is 0.200. The van der Waals surface area contributed by atoms with Gasteiger partial charge in [-0.3, -0.25) is 15.0 Å². The molecule has 0 saturated carbocycles. The summed E-state index contributed by atoms with van der Waals surface area (Å²) in [4.78, 5) is 6.97. The largest absolute Gasteiger partial charge is 0.293 e. The quantitative estimate of drug-likeness (QED) is 0.553. The molecule has 0 aliphatic carbocycles. The number of pyridine rings is 1. The van der Waals surface area contributed by atoms with Crippen molar-refractivity contribution < 1.29 is 0 Å². The van der Waals surface area contributed by atoms with Crippen LogP contribution in [0.25, 0.3) is 0 Å². The van der Waals surface area contributed by atoms with E-state index < -0.39 is 0 Å². The van der Waals surface area contributed by atoms with Gasteiger partial charge >= 0.3 is 0 Å². The molecular formula is C25H24N4. The van der Waals surface area contributed by atoms with Crippen LogP contribution in [0.15, 0.2) is 85.1 Å². The zero-order valence-corrected chi connectivity index (χ0v) is 16.3. The van der Waals surface area contributed by atoms with Gasteiger partial charge in [0.05, 0.1) is 17.3 Å². The van der Waals surface area contributed by atoms with Crippen molar-refractivity contribution in [3.8, 4) is 0 Å².